The molecule has 0 aliphatic carbocycles. The van der Waals surface area contributed by atoms with Gasteiger partial charge in [0.25, 0.3) is 0 Å². The molecule has 3 aromatic carbocycles. The van der Waals surface area contributed by atoms with Gasteiger partial charge in [-0.25, -0.2) is 15.0 Å². The van der Waals surface area contributed by atoms with E-state index in [0.29, 0.717) is 75.3 Å². The van der Waals surface area contributed by atoms with Crippen molar-refractivity contribution < 1.29 is 46.5 Å². The highest BCUT2D eigenvalue weighted by Crippen LogP contribution is 2.30. The maximum absolute atomic E-state index is 13.9. The molecular weight excluding hydrogens is 912 g/mol. The second-order valence-electron chi connectivity index (χ2n) is 17.9. The van der Waals surface area contributed by atoms with Crippen LogP contribution in [0.4, 0.5) is 24.7 Å². The van der Waals surface area contributed by atoms with Crippen molar-refractivity contribution in [3.05, 3.63) is 102 Å². The number of hydrogen-bond acceptors (Lipinski definition) is 12. The number of aryl methyl sites for hydroxylation is 1. The number of unbranched alkanes of at least 4 members (excludes halogenated alkanes) is 4. The zero-order valence-corrected chi connectivity index (χ0v) is 40.4. The maximum Gasteiger partial charge on any atom is 0.573 e. The minimum Gasteiger partial charge on any atom is -0.494 e. The molecule has 18 heteroatoms. The number of nitrogens with zero attached hydrogens (tertiary/aromatic N) is 4. The number of nitrogens with one attached hydrogen (secondary N) is 3. The lowest BCUT2D eigenvalue weighted by Gasteiger charge is -2.35. The number of hydrogen-bond donors (Lipinski definition) is 3. The molecule has 0 bridgehead atoms. The van der Waals surface area contributed by atoms with Crippen LogP contribution < -0.4 is 25.4 Å². The second kappa shape index (κ2) is 25.5. The summed E-state index contributed by atoms with van der Waals surface area (Å²) in [5.74, 6) is 0.0264. The van der Waals surface area contributed by atoms with Gasteiger partial charge in [0.2, 0.25) is 17.7 Å². The molecule has 69 heavy (non-hydrogen) atoms. The van der Waals surface area contributed by atoms with Crippen LogP contribution in [0.2, 0.25) is 0 Å². The monoisotopic (exact) mass is 973 g/mol. The van der Waals surface area contributed by atoms with Gasteiger partial charge in [-0.3, -0.25) is 14.4 Å². The lowest BCUT2D eigenvalue weighted by molar-refractivity contribution is -0.274. The SMILES string of the molecule is Cc1ncsc1-c1ccc(CNC(=O)[C@@H]2CCCN2C(=O)[C@@H](NC(=O)COCCCCCOCCCCCOc2cccc(-c3cc(Nc4ccc(OC(F)(F)F)cc4)ncn3)c2)C(C)(C)C)cc1. The van der Waals surface area contributed by atoms with Gasteiger partial charge in [-0.2, -0.15) is 0 Å². The number of rotatable bonds is 25. The van der Waals surface area contributed by atoms with E-state index in [4.69, 9.17) is 14.2 Å². The predicted octanol–water partition coefficient (Wildman–Crippen LogP) is 9.81. The highest BCUT2D eigenvalue weighted by Gasteiger charge is 2.42. The smallest absolute Gasteiger partial charge is 0.494 e. The molecule has 3 heterocycles. The number of aromatic nitrogens is 3. The third-order valence-corrected chi connectivity index (χ3v) is 12.3. The van der Waals surface area contributed by atoms with Gasteiger partial charge in [0, 0.05) is 50.2 Å². The number of carbonyl (C=O) groups is 3. The molecule has 5 aromatic rings. The molecule has 1 aliphatic rings. The molecule has 3 amide bonds. The van der Waals surface area contributed by atoms with Gasteiger partial charge in [-0.15, -0.1) is 24.5 Å². The fourth-order valence-corrected chi connectivity index (χ4v) is 8.53. The molecule has 2 atom stereocenters. The number of carbonyl (C=O) groups excluding carboxylic acids is 3. The van der Waals surface area contributed by atoms with Crippen LogP contribution in [0.5, 0.6) is 11.5 Å². The Hall–Kier alpha value is -6.11. The van der Waals surface area contributed by atoms with Crippen LogP contribution in [0.3, 0.4) is 0 Å². The van der Waals surface area contributed by atoms with Gasteiger partial charge >= 0.3 is 6.36 Å². The van der Waals surface area contributed by atoms with Crippen molar-refractivity contribution in [2.75, 3.05) is 44.9 Å². The summed E-state index contributed by atoms with van der Waals surface area (Å²) in [7, 11) is 0. The first-order valence-corrected chi connectivity index (χ1v) is 24.2. The van der Waals surface area contributed by atoms with Crippen molar-refractivity contribution in [2.45, 2.75) is 104 Å². The Morgan fingerprint density at radius 1 is 0.812 bits per heavy atom. The van der Waals surface area contributed by atoms with Crippen LogP contribution in [0.25, 0.3) is 21.7 Å². The minimum absolute atomic E-state index is 0.159. The highest BCUT2D eigenvalue weighted by atomic mass is 32.1. The van der Waals surface area contributed by atoms with E-state index in [1.165, 1.54) is 30.6 Å². The lowest BCUT2D eigenvalue weighted by Crippen LogP contribution is -2.58. The normalized spacial score (nSPS) is 14.3. The Kier molecular flexibility index (Phi) is 19.3. The van der Waals surface area contributed by atoms with Crippen molar-refractivity contribution >= 4 is 40.6 Å². The fraction of sp³-hybridized carbons (Fsp3) is 0.451. The van der Waals surface area contributed by atoms with Gasteiger partial charge in [0.05, 0.1) is 28.4 Å². The number of ether oxygens (including phenoxy) is 4. The third-order valence-electron chi connectivity index (χ3n) is 11.4. The molecule has 0 unspecified atom stereocenters. The second-order valence-corrected chi connectivity index (χ2v) is 18.7. The van der Waals surface area contributed by atoms with Gasteiger partial charge in [0.1, 0.15) is 42.3 Å². The number of likely N-dealkylation sites (tertiary alicyclic amines) is 1. The van der Waals surface area contributed by atoms with Crippen molar-refractivity contribution in [3.63, 3.8) is 0 Å². The van der Waals surface area contributed by atoms with Crippen LogP contribution in [-0.4, -0.2) is 95.6 Å². The number of anilines is 2. The van der Waals surface area contributed by atoms with Crippen LogP contribution >= 0.6 is 11.3 Å². The average Bonchev–Trinajstić information content (AvgIpc) is 4.00. The summed E-state index contributed by atoms with van der Waals surface area (Å²) in [6, 6.07) is 21.3. The number of benzene rings is 3. The first kappa shape index (κ1) is 52.3. The Morgan fingerprint density at radius 3 is 2.20 bits per heavy atom. The minimum atomic E-state index is -4.76. The number of alkyl halides is 3. The Bertz CT molecular complexity index is 2410. The molecule has 0 saturated carbocycles. The summed E-state index contributed by atoms with van der Waals surface area (Å²) < 4.78 is 58.9. The van der Waals surface area contributed by atoms with Gasteiger partial charge < -0.3 is 39.8 Å². The molecule has 370 valence electrons. The van der Waals surface area contributed by atoms with E-state index in [0.717, 1.165) is 65.8 Å². The molecule has 2 aromatic heterocycles. The fourth-order valence-electron chi connectivity index (χ4n) is 7.72. The van der Waals surface area contributed by atoms with Crippen molar-refractivity contribution in [3.8, 4) is 33.2 Å². The first-order valence-electron chi connectivity index (χ1n) is 23.3. The summed E-state index contributed by atoms with van der Waals surface area (Å²) >= 11 is 1.59. The lowest BCUT2D eigenvalue weighted by atomic mass is 9.85. The molecule has 6 rings (SSSR count). The van der Waals surface area contributed by atoms with Crippen molar-refractivity contribution in [1.29, 1.82) is 0 Å². The summed E-state index contributed by atoms with van der Waals surface area (Å²) in [6.45, 7) is 10.6. The van der Waals surface area contributed by atoms with Gasteiger partial charge in [-0.1, -0.05) is 57.2 Å². The standard InChI is InChI=1S/C51H62F3N7O7S/c1-35-46(69-34-58-35)37-18-16-36(17-19-37)31-55-48(63)43-15-12-24-61(43)49(64)47(50(2,3)4)60-45(62)32-66-27-9-5-7-25-65-26-8-6-10-28-67-41-14-11-13-38(29-41)42-30-44(57-33-56-42)59-39-20-22-40(23-21-39)68-51(52,53)54/h11,13-14,16-23,29-30,33-34,43,47H,5-10,12,15,24-28,31-32H2,1-4H3,(H,55,63)(H,60,62)(H,56,57,59)/t43-,47+/m0/s1. The summed E-state index contributed by atoms with van der Waals surface area (Å²) in [6.07, 6.45) is 3.16. The number of halogens is 3. The van der Waals surface area contributed by atoms with E-state index < -0.39 is 23.9 Å². The molecule has 14 nitrogen and oxygen atoms in total. The van der Waals surface area contributed by atoms with E-state index in [1.807, 2.05) is 81.7 Å². The van der Waals surface area contributed by atoms with Gasteiger partial charge in [0.15, 0.2) is 0 Å². The first-order chi connectivity index (χ1) is 33.1. The van der Waals surface area contributed by atoms with Crippen LogP contribution in [0.1, 0.15) is 83.4 Å². The van der Waals surface area contributed by atoms with Crippen LogP contribution in [0, 0.1) is 12.3 Å². The molecule has 0 spiro atoms. The van der Waals surface area contributed by atoms with E-state index in [9.17, 15) is 27.6 Å². The molecule has 1 fully saturated rings. The summed E-state index contributed by atoms with van der Waals surface area (Å²) in [5, 5.41) is 8.98. The molecule has 0 radical (unpaired) electrons. The Balaban J connectivity index is 0.795. The Labute approximate surface area is 405 Å². The average molecular weight is 974 g/mol. The molecule has 3 N–H and O–H groups in total. The van der Waals surface area contributed by atoms with E-state index in [1.54, 1.807) is 22.3 Å². The Morgan fingerprint density at radius 2 is 1.52 bits per heavy atom. The zero-order valence-electron chi connectivity index (χ0n) is 39.6. The highest BCUT2D eigenvalue weighted by molar-refractivity contribution is 7.13. The topological polar surface area (TPSA) is 166 Å². The maximum atomic E-state index is 13.9. The summed E-state index contributed by atoms with van der Waals surface area (Å²) in [5.41, 5.74) is 6.27. The van der Waals surface area contributed by atoms with Crippen LogP contribution in [0.15, 0.2) is 90.7 Å². The largest absolute Gasteiger partial charge is 0.573 e. The van der Waals surface area contributed by atoms with Crippen molar-refractivity contribution in [1.82, 2.24) is 30.5 Å². The number of amides is 3. The third kappa shape index (κ3) is 16.8. The number of thiazole rings is 1. The quantitative estimate of drug-likeness (QED) is 0.0477. The van der Waals surface area contributed by atoms with Crippen molar-refractivity contribution in [2.24, 2.45) is 5.41 Å². The van der Waals surface area contributed by atoms with Gasteiger partial charge in [-0.05, 0) is 111 Å². The molecular formula is C51H62F3N7O7S. The van der Waals surface area contributed by atoms with E-state index in [-0.39, 0.29) is 30.1 Å². The predicted molar refractivity (Wildman–Crippen MR) is 259 cm³/mol. The van der Waals surface area contributed by atoms with E-state index >= 15 is 0 Å². The van der Waals surface area contributed by atoms with E-state index in [2.05, 4.69) is 35.6 Å². The zero-order chi connectivity index (χ0) is 49.2. The van der Waals surface area contributed by atoms with Crippen LogP contribution in [-0.2, 0) is 30.4 Å². The molecule has 1 saturated heterocycles. The molecule has 1 aliphatic heterocycles. The summed E-state index contributed by atoms with van der Waals surface area (Å²) in [4.78, 5) is 55.9.